The van der Waals surface area contributed by atoms with Crippen molar-refractivity contribution in [3.05, 3.63) is 41.7 Å². The first-order valence-corrected chi connectivity index (χ1v) is 6.36. The van der Waals surface area contributed by atoms with Crippen LogP contribution in [-0.2, 0) is 16.0 Å². The molecule has 0 saturated carbocycles. The van der Waals surface area contributed by atoms with Crippen molar-refractivity contribution in [1.82, 2.24) is 4.40 Å². The van der Waals surface area contributed by atoms with E-state index in [2.05, 4.69) is 4.74 Å². The van der Waals surface area contributed by atoms with Gasteiger partial charge in [-0.1, -0.05) is 13.0 Å². The first-order chi connectivity index (χ1) is 9.17. The molecule has 0 unspecified atom stereocenters. The van der Waals surface area contributed by atoms with Crippen molar-refractivity contribution in [2.75, 3.05) is 7.11 Å². The van der Waals surface area contributed by atoms with Crippen molar-refractivity contribution >= 4 is 17.3 Å². The van der Waals surface area contributed by atoms with Crippen molar-refractivity contribution < 1.29 is 14.3 Å². The van der Waals surface area contributed by atoms with Gasteiger partial charge in [0.25, 0.3) is 0 Å². The Morgan fingerprint density at radius 3 is 2.74 bits per heavy atom. The lowest BCUT2D eigenvalue weighted by Crippen LogP contribution is -2.09. The highest BCUT2D eigenvalue weighted by Crippen LogP contribution is 2.19. The fourth-order valence-corrected chi connectivity index (χ4v) is 2.20. The molecule has 0 radical (unpaired) electrons. The summed E-state index contributed by atoms with van der Waals surface area (Å²) in [5, 5.41) is 0. The molecule has 0 bridgehead atoms. The van der Waals surface area contributed by atoms with Crippen molar-refractivity contribution in [2.45, 2.75) is 26.2 Å². The quantitative estimate of drug-likeness (QED) is 0.612. The van der Waals surface area contributed by atoms with Crippen LogP contribution in [0, 0.1) is 0 Å². The Morgan fingerprint density at radius 1 is 1.26 bits per heavy atom. The standard InChI is InChI=1S/C15H17NO3/c1-3-11-10-12-6-4-5-9-16(12)15(11)13(17)7-8-14(18)19-2/h4-6,9-10H,3,7-8H2,1-2H3. The number of rotatable bonds is 5. The van der Waals surface area contributed by atoms with E-state index in [1.807, 2.05) is 41.8 Å². The Morgan fingerprint density at radius 2 is 2.05 bits per heavy atom. The van der Waals surface area contributed by atoms with Crippen LogP contribution in [0.25, 0.3) is 5.52 Å². The third-order valence-electron chi connectivity index (χ3n) is 3.19. The van der Waals surface area contributed by atoms with Crippen molar-refractivity contribution in [3.8, 4) is 0 Å². The van der Waals surface area contributed by atoms with E-state index >= 15 is 0 Å². The minimum absolute atomic E-state index is 0.0200. The van der Waals surface area contributed by atoms with E-state index in [9.17, 15) is 9.59 Å². The molecule has 4 nitrogen and oxygen atoms in total. The van der Waals surface area contributed by atoms with Gasteiger partial charge in [0.1, 0.15) is 0 Å². The van der Waals surface area contributed by atoms with Crippen LogP contribution in [0.5, 0.6) is 0 Å². The maximum atomic E-state index is 12.3. The van der Waals surface area contributed by atoms with Gasteiger partial charge in [0.2, 0.25) is 0 Å². The lowest BCUT2D eigenvalue weighted by Gasteiger charge is -2.04. The second kappa shape index (κ2) is 5.69. The molecule has 4 heteroatoms. The second-order valence-corrected chi connectivity index (χ2v) is 4.37. The summed E-state index contributed by atoms with van der Waals surface area (Å²) in [7, 11) is 1.33. The number of pyridine rings is 1. The van der Waals surface area contributed by atoms with Crippen LogP contribution in [0.3, 0.4) is 0 Å². The monoisotopic (exact) mass is 259 g/mol. The second-order valence-electron chi connectivity index (χ2n) is 4.37. The normalized spacial score (nSPS) is 10.6. The number of carbonyl (C=O) groups is 2. The highest BCUT2D eigenvalue weighted by molar-refractivity contribution is 5.98. The third kappa shape index (κ3) is 2.67. The SMILES string of the molecule is CCc1cc2ccccn2c1C(=O)CCC(=O)OC. The molecule has 0 spiro atoms. The molecule has 0 N–H and O–H groups in total. The van der Waals surface area contributed by atoms with Crippen LogP contribution < -0.4 is 0 Å². The molecule has 2 rings (SSSR count). The summed E-state index contributed by atoms with van der Waals surface area (Å²) in [6.07, 6.45) is 2.97. The first kappa shape index (κ1) is 13.3. The topological polar surface area (TPSA) is 47.8 Å². The number of hydrogen-bond donors (Lipinski definition) is 0. The molecule has 0 aliphatic carbocycles. The Bertz CT molecular complexity index is 613. The third-order valence-corrected chi connectivity index (χ3v) is 3.19. The number of nitrogens with zero attached hydrogens (tertiary/aromatic N) is 1. The number of aromatic nitrogens is 1. The van der Waals surface area contributed by atoms with E-state index < -0.39 is 0 Å². The van der Waals surface area contributed by atoms with Crippen molar-refractivity contribution in [3.63, 3.8) is 0 Å². The zero-order chi connectivity index (χ0) is 13.8. The van der Waals surface area contributed by atoms with Gasteiger partial charge >= 0.3 is 5.97 Å². The molecule has 2 heterocycles. The Kier molecular flexibility index (Phi) is 4.00. The van der Waals surface area contributed by atoms with Gasteiger partial charge < -0.3 is 9.14 Å². The molecule has 0 aromatic carbocycles. The van der Waals surface area contributed by atoms with Crippen LogP contribution in [0.1, 0.15) is 35.8 Å². The molecule has 0 atom stereocenters. The molecule has 0 amide bonds. The Labute approximate surface area is 112 Å². The number of fused-ring (bicyclic) bond motifs is 1. The van der Waals surface area contributed by atoms with E-state index in [0.29, 0.717) is 5.69 Å². The number of Topliss-reactive ketones (excluding diaryl/α,β-unsaturated/α-hetero) is 1. The summed E-state index contributed by atoms with van der Waals surface area (Å²) < 4.78 is 6.45. The van der Waals surface area contributed by atoms with Crippen LogP contribution in [0.15, 0.2) is 30.5 Å². The summed E-state index contributed by atoms with van der Waals surface area (Å²) in [4.78, 5) is 23.4. The van der Waals surface area contributed by atoms with Crippen LogP contribution in [0.2, 0.25) is 0 Å². The van der Waals surface area contributed by atoms with E-state index in [0.717, 1.165) is 17.5 Å². The fraction of sp³-hybridized carbons (Fsp3) is 0.333. The fourth-order valence-electron chi connectivity index (χ4n) is 2.20. The largest absolute Gasteiger partial charge is 0.469 e. The summed E-state index contributed by atoms with van der Waals surface area (Å²) in [5.41, 5.74) is 2.70. The van der Waals surface area contributed by atoms with E-state index in [1.54, 1.807) is 0 Å². The minimum Gasteiger partial charge on any atom is -0.469 e. The molecular formula is C15H17NO3. The molecule has 0 aliphatic heterocycles. The zero-order valence-electron chi connectivity index (χ0n) is 11.2. The first-order valence-electron chi connectivity index (χ1n) is 6.36. The number of ether oxygens (including phenoxy) is 1. The predicted octanol–water partition coefficient (Wildman–Crippen LogP) is 2.64. The van der Waals surface area contributed by atoms with E-state index in [-0.39, 0.29) is 24.6 Å². The lowest BCUT2D eigenvalue weighted by atomic mass is 10.1. The number of ketones is 1. The number of methoxy groups -OCH3 is 1. The lowest BCUT2D eigenvalue weighted by molar-refractivity contribution is -0.140. The number of esters is 1. The maximum Gasteiger partial charge on any atom is 0.305 e. The van der Waals surface area contributed by atoms with Crippen molar-refractivity contribution in [2.24, 2.45) is 0 Å². The Hall–Kier alpha value is -2.10. The van der Waals surface area contributed by atoms with Crippen LogP contribution in [-0.4, -0.2) is 23.3 Å². The zero-order valence-corrected chi connectivity index (χ0v) is 11.2. The van der Waals surface area contributed by atoms with Crippen molar-refractivity contribution in [1.29, 1.82) is 0 Å². The average molecular weight is 259 g/mol. The smallest absolute Gasteiger partial charge is 0.305 e. The number of carbonyl (C=O) groups excluding carboxylic acids is 2. The van der Waals surface area contributed by atoms with Crippen LogP contribution in [0.4, 0.5) is 0 Å². The maximum absolute atomic E-state index is 12.3. The molecule has 100 valence electrons. The van der Waals surface area contributed by atoms with E-state index in [1.165, 1.54) is 7.11 Å². The summed E-state index contributed by atoms with van der Waals surface area (Å²) in [5.74, 6) is -0.374. The highest BCUT2D eigenvalue weighted by Gasteiger charge is 2.17. The van der Waals surface area contributed by atoms with Crippen LogP contribution >= 0.6 is 0 Å². The highest BCUT2D eigenvalue weighted by atomic mass is 16.5. The summed E-state index contributed by atoms with van der Waals surface area (Å²) in [6.45, 7) is 2.02. The average Bonchev–Trinajstić information content (AvgIpc) is 2.82. The van der Waals surface area contributed by atoms with Gasteiger partial charge in [0, 0.05) is 18.1 Å². The predicted molar refractivity (Wildman–Crippen MR) is 72.4 cm³/mol. The van der Waals surface area contributed by atoms with Gasteiger partial charge in [0.05, 0.1) is 19.2 Å². The Balaban J connectivity index is 2.32. The molecule has 19 heavy (non-hydrogen) atoms. The molecule has 2 aromatic rings. The van der Waals surface area contributed by atoms with Gasteiger partial charge in [-0.3, -0.25) is 9.59 Å². The number of aryl methyl sites for hydroxylation is 1. The van der Waals surface area contributed by atoms with Gasteiger partial charge in [-0.25, -0.2) is 0 Å². The van der Waals surface area contributed by atoms with Gasteiger partial charge in [-0.15, -0.1) is 0 Å². The molecular weight excluding hydrogens is 242 g/mol. The molecule has 0 saturated heterocycles. The van der Waals surface area contributed by atoms with E-state index in [4.69, 9.17) is 0 Å². The van der Waals surface area contributed by atoms with Gasteiger partial charge in [-0.2, -0.15) is 0 Å². The van der Waals surface area contributed by atoms with Gasteiger partial charge in [0.15, 0.2) is 5.78 Å². The molecule has 0 aliphatic rings. The minimum atomic E-state index is -0.354. The molecule has 0 fully saturated rings. The summed E-state index contributed by atoms with van der Waals surface area (Å²) in [6, 6.07) is 7.82. The van der Waals surface area contributed by atoms with Gasteiger partial charge in [-0.05, 0) is 30.2 Å². The summed E-state index contributed by atoms with van der Waals surface area (Å²) >= 11 is 0. The molecule has 2 aromatic heterocycles. The number of hydrogen-bond acceptors (Lipinski definition) is 3.